The second-order valence-corrected chi connectivity index (χ2v) is 7.73. The monoisotopic (exact) mass is 412 g/mol. The number of anilines is 3. The Hall–Kier alpha value is -2.69. The van der Waals surface area contributed by atoms with Crippen molar-refractivity contribution in [1.29, 1.82) is 0 Å². The molecule has 0 bridgehead atoms. The summed E-state index contributed by atoms with van der Waals surface area (Å²) in [6, 6.07) is 17.1. The number of carbonyl (C=O) groups is 1. The highest BCUT2D eigenvalue weighted by Crippen LogP contribution is 2.34. The van der Waals surface area contributed by atoms with E-state index in [-0.39, 0.29) is 5.56 Å². The number of carboxylic acid groups (broad SMARTS) is 1. The van der Waals surface area contributed by atoms with E-state index in [1.54, 1.807) is 18.2 Å². The minimum atomic E-state index is -0.946. The molecule has 1 aliphatic heterocycles. The van der Waals surface area contributed by atoms with Crippen LogP contribution in [0.1, 0.15) is 27.0 Å². The highest BCUT2D eigenvalue weighted by atomic mass is 35.5. The Balaban J connectivity index is 1.57. The van der Waals surface area contributed by atoms with Crippen LogP contribution >= 0.6 is 23.2 Å². The Morgan fingerprint density at radius 3 is 2.50 bits per heavy atom. The van der Waals surface area contributed by atoms with Crippen LogP contribution in [-0.4, -0.2) is 11.1 Å². The van der Waals surface area contributed by atoms with E-state index in [9.17, 15) is 9.90 Å². The zero-order valence-corrected chi connectivity index (χ0v) is 16.7. The van der Waals surface area contributed by atoms with Crippen molar-refractivity contribution in [3.63, 3.8) is 0 Å². The summed E-state index contributed by atoms with van der Waals surface area (Å²) < 4.78 is 0. The van der Waals surface area contributed by atoms with Gasteiger partial charge in [0.1, 0.15) is 0 Å². The average Bonchev–Trinajstić information content (AvgIpc) is 3.08. The van der Waals surface area contributed by atoms with Crippen LogP contribution in [0, 0.1) is 6.92 Å². The van der Waals surface area contributed by atoms with Gasteiger partial charge in [-0.1, -0.05) is 40.9 Å². The normalized spacial score (nSPS) is 12.8. The summed E-state index contributed by atoms with van der Waals surface area (Å²) in [6.45, 7) is 3.42. The number of benzene rings is 3. The molecule has 0 unspecified atom stereocenters. The topological polar surface area (TPSA) is 52.6 Å². The van der Waals surface area contributed by atoms with Crippen LogP contribution in [-0.2, 0) is 13.1 Å². The Kier molecular flexibility index (Phi) is 4.92. The molecule has 2 N–H and O–H groups in total. The third-order valence-electron chi connectivity index (χ3n) is 4.88. The van der Waals surface area contributed by atoms with Gasteiger partial charge in [-0.2, -0.15) is 0 Å². The number of nitrogens with zero attached hydrogens (tertiary/aromatic N) is 1. The summed E-state index contributed by atoms with van der Waals surface area (Å²) in [7, 11) is 0. The van der Waals surface area contributed by atoms with Gasteiger partial charge in [0.05, 0.1) is 21.3 Å². The van der Waals surface area contributed by atoms with Crippen LogP contribution in [0.4, 0.5) is 17.1 Å². The Bertz CT molecular complexity index is 1080. The Labute approximate surface area is 173 Å². The molecule has 1 aliphatic rings. The summed E-state index contributed by atoms with van der Waals surface area (Å²) in [6.07, 6.45) is 0. The maximum Gasteiger partial charge on any atom is 0.337 e. The molecule has 1 heterocycles. The third kappa shape index (κ3) is 3.66. The molecule has 0 aliphatic carbocycles. The Morgan fingerprint density at radius 1 is 0.964 bits per heavy atom. The molecule has 4 rings (SSSR count). The number of hydrogen-bond acceptors (Lipinski definition) is 3. The van der Waals surface area contributed by atoms with Gasteiger partial charge in [-0.3, -0.25) is 0 Å². The number of fused-ring (bicyclic) bond motifs is 1. The van der Waals surface area contributed by atoms with E-state index in [0.717, 1.165) is 30.0 Å². The van der Waals surface area contributed by atoms with Gasteiger partial charge in [-0.05, 0) is 60.5 Å². The molecular formula is C22H18Cl2N2O2. The van der Waals surface area contributed by atoms with E-state index in [1.807, 2.05) is 31.2 Å². The molecule has 0 radical (unpaired) electrons. The van der Waals surface area contributed by atoms with Gasteiger partial charge in [0.2, 0.25) is 0 Å². The van der Waals surface area contributed by atoms with Gasteiger partial charge in [0.25, 0.3) is 0 Å². The van der Waals surface area contributed by atoms with Crippen molar-refractivity contribution in [3.8, 4) is 0 Å². The van der Waals surface area contributed by atoms with E-state index >= 15 is 0 Å². The van der Waals surface area contributed by atoms with E-state index in [4.69, 9.17) is 23.2 Å². The fraction of sp³-hybridized carbons (Fsp3) is 0.136. The number of hydrogen-bond donors (Lipinski definition) is 2. The number of nitrogens with one attached hydrogen (secondary N) is 1. The molecule has 0 spiro atoms. The Morgan fingerprint density at radius 2 is 1.75 bits per heavy atom. The summed E-state index contributed by atoms with van der Waals surface area (Å²) in [5.41, 5.74) is 6.07. The predicted octanol–water partition coefficient (Wildman–Crippen LogP) is 6.26. The lowest BCUT2D eigenvalue weighted by atomic mass is 10.1. The van der Waals surface area contributed by atoms with Crippen molar-refractivity contribution in [2.24, 2.45) is 0 Å². The fourth-order valence-electron chi connectivity index (χ4n) is 3.44. The van der Waals surface area contributed by atoms with Crippen molar-refractivity contribution in [1.82, 2.24) is 0 Å². The van der Waals surface area contributed by atoms with Crippen molar-refractivity contribution in [2.45, 2.75) is 20.0 Å². The van der Waals surface area contributed by atoms with Gasteiger partial charge in [0.15, 0.2) is 0 Å². The zero-order chi connectivity index (χ0) is 19.8. The maximum atomic E-state index is 11.5. The van der Waals surface area contributed by atoms with E-state index in [1.165, 1.54) is 11.1 Å². The van der Waals surface area contributed by atoms with Crippen molar-refractivity contribution in [2.75, 3.05) is 10.2 Å². The SMILES string of the molecule is Cc1ccc(Nc2ccc3c(c2)CN(c2ccc(Cl)c(Cl)c2)C3)c(C(=O)O)c1. The molecule has 28 heavy (non-hydrogen) atoms. The molecule has 142 valence electrons. The minimum absolute atomic E-state index is 0.262. The van der Waals surface area contributed by atoms with Crippen LogP contribution in [0.3, 0.4) is 0 Å². The molecule has 3 aromatic rings. The van der Waals surface area contributed by atoms with Gasteiger partial charge in [-0.15, -0.1) is 0 Å². The first-order chi connectivity index (χ1) is 13.4. The van der Waals surface area contributed by atoms with Gasteiger partial charge in [0, 0.05) is 24.5 Å². The van der Waals surface area contributed by atoms with Crippen LogP contribution in [0.25, 0.3) is 0 Å². The number of carboxylic acids is 1. The summed E-state index contributed by atoms with van der Waals surface area (Å²) in [5.74, 6) is -0.946. The predicted molar refractivity (Wildman–Crippen MR) is 114 cm³/mol. The number of halogens is 2. The lowest BCUT2D eigenvalue weighted by Crippen LogP contribution is -2.14. The molecule has 0 aromatic heterocycles. The van der Waals surface area contributed by atoms with Crippen molar-refractivity contribution >= 4 is 46.2 Å². The smallest absolute Gasteiger partial charge is 0.337 e. The number of aryl methyl sites for hydroxylation is 1. The average molecular weight is 413 g/mol. The molecule has 0 atom stereocenters. The van der Waals surface area contributed by atoms with Crippen LogP contribution in [0.5, 0.6) is 0 Å². The zero-order valence-electron chi connectivity index (χ0n) is 15.2. The summed E-state index contributed by atoms with van der Waals surface area (Å²) in [5, 5.41) is 13.8. The molecule has 0 saturated heterocycles. The van der Waals surface area contributed by atoms with Crippen molar-refractivity contribution in [3.05, 3.63) is 86.9 Å². The minimum Gasteiger partial charge on any atom is -0.478 e. The quantitative estimate of drug-likeness (QED) is 0.530. The largest absolute Gasteiger partial charge is 0.478 e. The molecule has 6 heteroatoms. The van der Waals surface area contributed by atoms with Crippen LogP contribution in [0.2, 0.25) is 10.0 Å². The van der Waals surface area contributed by atoms with E-state index in [2.05, 4.69) is 22.3 Å². The molecule has 0 amide bonds. The molecule has 3 aromatic carbocycles. The molecule has 0 saturated carbocycles. The molecule has 4 nitrogen and oxygen atoms in total. The lowest BCUT2D eigenvalue weighted by Gasteiger charge is -2.18. The highest BCUT2D eigenvalue weighted by molar-refractivity contribution is 6.42. The number of aromatic carboxylic acids is 1. The fourth-order valence-corrected chi connectivity index (χ4v) is 3.73. The highest BCUT2D eigenvalue weighted by Gasteiger charge is 2.20. The third-order valence-corrected chi connectivity index (χ3v) is 5.62. The second-order valence-electron chi connectivity index (χ2n) is 6.92. The maximum absolute atomic E-state index is 11.5. The van der Waals surface area contributed by atoms with Gasteiger partial charge in [-0.25, -0.2) is 4.79 Å². The molecular weight excluding hydrogens is 395 g/mol. The van der Waals surface area contributed by atoms with Crippen LogP contribution < -0.4 is 10.2 Å². The summed E-state index contributed by atoms with van der Waals surface area (Å²) in [4.78, 5) is 13.8. The second kappa shape index (κ2) is 7.38. The van der Waals surface area contributed by atoms with Gasteiger partial charge < -0.3 is 15.3 Å². The van der Waals surface area contributed by atoms with Gasteiger partial charge >= 0.3 is 5.97 Å². The first kappa shape index (κ1) is 18.7. The summed E-state index contributed by atoms with van der Waals surface area (Å²) >= 11 is 12.2. The van der Waals surface area contributed by atoms with Crippen LogP contribution in [0.15, 0.2) is 54.6 Å². The first-order valence-electron chi connectivity index (χ1n) is 8.83. The number of rotatable bonds is 4. The first-order valence-corrected chi connectivity index (χ1v) is 9.59. The van der Waals surface area contributed by atoms with E-state index < -0.39 is 5.97 Å². The van der Waals surface area contributed by atoms with E-state index in [0.29, 0.717) is 15.7 Å². The lowest BCUT2D eigenvalue weighted by molar-refractivity contribution is 0.0698. The standard InChI is InChI=1S/C22H18Cl2N2O2/c1-13-2-7-21(18(8-13)22(27)28)25-16-4-3-14-11-26(12-15(14)9-16)17-5-6-19(23)20(24)10-17/h2-10,25H,11-12H2,1H3,(H,27,28). The van der Waals surface area contributed by atoms with Crippen molar-refractivity contribution < 1.29 is 9.90 Å². The molecule has 0 fully saturated rings.